The van der Waals surface area contributed by atoms with Crippen LogP contribution in [0.2, 0.25) is 0 Å². The average molecular weight is 1220 g/mol. The van der Waals surface area contributed by atoms with Gasteiger partial charge in [0.2, 0.25) is 0 Å². The molecule has 18 rings (SSSR count). The zero-order valence-electron chi connectivity index (χ0n) is 54.2. The molecule has 0 radical (unpaired) electrons. The van der Waals surface area contributed by atoms with Crippen molar-refractivity contribution in [3.63, 3.8) is 0 Å². The van der Waals surface area contributed by atoms with Crippen LogP contribution in [-0.2, 0) is 10.8 Å². The molecule has 13 aromatic carbocycles. The zero-order chi connectivity index (χ0) is 63.8. The lowest BCUT2D eigenvalue weighted by molar-refractivity contribution is 0.591. The highest BCUT2D eigenvalue weighted by atomic mass is 15.0. The van der Waals surface area contributed by atoms with Gasteiger partial charge in [0.05, 0.1) is 22.4 Å². The van der Waals surface area contributed by atoms with Crippen LogP contribution < -0.4 is 16.4 Å². The van der Waals surface area contributed by atoms with Crippen LogP contribution in [0.3, 0.4) is 0 Å². The summed E-state index contributed by atoms with van der Waals surface area (Å²) >= 11 is 0. The normalized spacial score (nSPS) is 12.5. The minimum absolute atomic E-state index is 0.106. The van der Waals surface area contributed by atoms with Gasteiger partial charge in [-0.1, -0.05) is 248 Å². The van der Waals surface area contributed by atoms with Crippen molar-refractivity contribution >= 4 is 66.7 Å². The number of benzene rings is 13. The molecular formula is C90H67BN4. The fraction of sp³-hybridized carbons (Fsp3) is 0.0889. The Morgan fingerprint density at radius 3 is 0.926 bits per heavy atom. The van der Waals surface area contributed by atoms with Crippen molar-refractivity contribution in [1.82, 2.24) is 19.1 Å². The van der Waals surface area contributed by atoms with Crippen molar-refractivity contribution in [2.75, 3.05) is 0 Å². The molecule has 0 fully saturated rings. The average Bonchev–Trinajstić information content (AvgIpc) is 1.55. The molecule has 0 aliphatic carbocycles. The third-order valence-electron chi connectivity index (χ3n) is 20.1. The van der Waals surface area contributed by atoms with Gasteiger partial charge >= 0.3 is 0 Å². The summed E-state index contributed by atoms with van der Waals surface area (Å²) < 4.78 is 5.26. The van der Waals surface area contributed by atoms with Crippen LogP contribution in [0.25, 0.3) is 156 Å². The van der Waals surface area contributed by atoms with Crippen molar-refractivity contribution in [3.05, 3.63) is 308 Å². The molecule has 0 amide bonds. The van der Waals surface area contributed by atoms with E-state index in [9.17, 15) is 0 Å². The largest absolute Gasteiger partial charge is 0.310 e. The fourth-order valence-corrected chi connectivity index (χ4v) is 15.3. The van der Waals surface area contributed by atoms with E-state index in [4.69, 9.17) is 9.97 Å². The first-order valence-electron chi connectivity index (χ1n) is 33.3. The molecule has 450 valence electrons. The molecule has 0 unspecified atom stereocenters. The Labute approximate surface area is 555 Å². The molecule has 5 heterocycles. The Balaban J connectivity index is 0.979. The highest BCUT2D eigenvalue weighted by Crippen LogP contribution is 2.46. The Hall–Kier alpha value is -11.4. The topological polar surface area (TPSA) is 35.6 Å². The summed E-state index contributed by atoms with van der Waals surface area (Å²) in [7, 11) is 0. The Kier molecular flexibility index (Phi) is 12.8. The molecule has 5 heteroatoms. The van der Waals surface area contributed by atoms with Gasteiger partial charge in [-0.05, 0) is 196 Å². The summed E-state index contributed by atoms with van der Waals surface area (Å²) in [6.45, 7) is 14.1. The lowest BCUT2D eigenvalue weighted by Crippen LogP contribution is -2.59. The van der Waals surface area contributed by atoms with E-state index in [0.29, 0.717) is 5.82 Å². The van der Waals surface area contributed by atoms with E-state index in [-0.39, 0.29) is 17.5 Å². The van der Waals surface area contributed by atoms with Gasteiger partial charge < -0.3 is 9.13 Å². The Morgan fingerprint density at radius 2 is 0.579 bits per heavy atom. The van der Waals surface area contributed by atoms with Crippen LogP contribution in [0.5, 0.6) is 0 Å². The predicted molar refractivity (Wildman–Crippen MR) is 402 cm³/mol. The van der Waals surface area contributed by atoms with E-state index < -0.39 is 0 Å². The van der Waals surface area contributed by atoms with Gasteiger partial charge in [0, 0.05) is 60.6 Å². The van der Waals surface area contributed by atoms with Crippen LogP contribution in [0.4, 0.5) is 0 Å². The molecule has 0 N–H and O–H groups in total. The van der Waals surface area contributed by atoms with Crippen molar-refractivity contribution in [1.29, 1.82) is 0 Å². The predicted octanol–water partition coefficient (Wildman–Crippen LogP) is 21.4. The standard InChI is InChI=1S/C90H67BN4/c1-89(2,3)71-51-75-73-47-62(56-25-13-7-14-26-56)37-39-81(73)94-83-49-69(50-84-85(83)91(77(53-71)86(75)94)78-54-72(90(4,5)6)52-76-74-48-63(57-27-15-8-16-28-57)38-40-82(74)95(84)87(76)78)80-55-79(68-43-64(58-29-17-9-18-30-58)41-65(44-68)59-31-19-10-20-32-59)92-88(93-80)70-45-66(60-33-21-11-22-34-60)42-67(46-70)61-35-23-12-24-36-61/h7-55H,1-6H3. The maximum Gasteiger partial charge on any atom is 0.252 e. The lowest BCUT2D eigenvalue weighted by Gasteiger charge is -2.35. The van der Waals surface area contributed by atoms with Gasteiger partial charge in [-0.25, -0.2) is 9.97 Å². The van der Waals surface area contributed by atoms with Gasteiger partial charge in [-0.15, -0.1) is 0 Å². The third-order valence-corrected chi connectivity index (χ3v) is 20.1. The van der Waals surface area contributed by atoms with E-state index >= 15 is 0 Å². The summed E-state index contributed by atoms with van der Waals surface area (Å²) in [5.74, 6) is 0.646. The molecule has 95 heavy (non-hydrogen) atoms. The van der Waals surface area contributed by atoms with E-state index in [1.165, 1.54) is 93.4 Å². The van der Waals surface area contributed by atoms with Gasteiger partial charge in [-0.3, -0.25) is 0 Å². The van der Waals surface area contributed by atoms with Crippen LogP contribution >= 0.6 is 0 Å². The molecule has 0 atom stereocenters. The van der Waals surface area contributed by atoms with Gasteiger partial charge in [0.15, 0.2) is 5.82 Å². The highest BCUT2D eigenvalue weighted by molar-refractivity contribution is 7.00. The summed E-state index contributed by atoms with van der Waals surface area (Å²) in [6, 6.07) is 110. The van der Waals surface area contributed by atoms with Crippen LogP contribution in [-0.4, -0.2) is 25.8 Å². The molecule has 0 bridgehead atoms. The fourth-order valence-electron chi connectivity index (χ4n) is 15.3. The minimum Gasteiger partial charge on any atom is -0.310 e. The molecule has 16 aromatic rings. The second kappa shape index (κ2) is 21.6. The quantitative estimate of drug-likeness (QED) is 0.135. The van der Waals surface area contributed by atoms with Crippen LogP contribution in [0, 0.1) is 0 Å². The monoisotopic (exact) mass is 1210 g/mol. The maximum atomic E-state index is 5.92. The number of hydrogen-bond acceptors (Lipinski definition) is 2. The number of nitrogens with zero attached hydrogens (tertiary/aromatic N) is 4. The second-order valence-corrected chi connectivity index (χ2v) is 28.2. The first-order chi connectivity index (χ1) is 46.3. The SMILES string of the molecule is CC(C)(C)c1cc2c3c(c1)c1cc(-c4ccccc4)ccc1n3-c1cc(-c3cc(-c4cc(-c5ccccc5)cc(-c5ccccc5)c4)nc(-c4cc(-c5ccccc5)cc(-c5ccccc5)c4)n3)cc3c1B2c1cc(C(C)(C)C)cc2c4cc(-c5ccccc5)ccc4n-3c12. The number of rotatable bonds is 9. The molecular weight excluding hydrogens is 1150 g/mol. The van der Waals surface area contributed by atoms with Gasteiger partial charge in [0.25, 0.3) is 6.71 Å². The summed E-state index contributed by atoms with van der Waals surface area (Å²) in [4.78, 5) is 11.7. The Morgan fingerprint density at radius 1 is 0.263 bits per heavy atom. The zero-order valence-corrected chi connectivity index (χ0v) is 54.2. The first kappa shape index (κ1) is 56.4. The molecule has 0 spiro atoms. The number of aromatic nitrogens is 4. The minimum atomic E-state index is -0.142. The first-order valence-corrected chi connectivity index (χ1v) is 33.3. The molecule has 2 aliphatic rings. The number of fused-ring (bicyclic) bond motifs is 10. The van der Waals surface area contributed by atoms with E-state index in [1.54, 1.807) is 0 Å². The van der Waals surface area contributed by atoms with Crippen molar-refractivity contribution in [2.24, 2.45) is 0 Å². The molecule has 2 aliphatic heterocycles. The summed E-state index contributed by atoms with van der Waals surface area (Å²) in [6.07, 6.45) is 0. The van der Waals surface area contributed by atoms with Crippen molar-refractivity contribution < 1.29 is 0 Å². The molecule has 4 nitrogen and oxygen atoms in total. The van der Waals surface area contributed by atoms with E-state index in [2.05, 4.69) is 348 Å². The van der Waals surface area contributed by atoms with Gasteiger partial charge in [-0.2, -0.15) is 0 Å². The van der Waals surface area contributed by atoms with E-state index in [1.807, 2.05) is 0 Å². The van der Waals surface area contributed by atoms with Crippen LogP contribution in [0.1, 0.15) is 52.7 Å². The molecule has 0 saturated carbocycles. The third kappa shape index (κ3) is 9.43. The molecule has 0 saturated heterocycles. The smallest absolute Gasteiger partial charge is 0.252 e. The Bertz CT molecular complexity index is 5290. The second-order valence-electron chi connectivity index (χ2n) is 28.2. The summed E-state index contributed by atoms with van der Waals surface area (Å²) in [5.41, 5.74) is 31.9. The maximum absolute atomic E-state index is 5.92. The summed E-state index contributed by atoms with van der Waals surface area (Å²) in [5, 5.41) is 5.02. The number of hydrogen-bond donors (Lipinski definition) is 0. The lowest BCUT2D eigenvalue weighted by atomic mass is 9.34. The highest BCUT2D eigenvalue weighted by Gasteiger charge is 2.43. The molecule has 3 aromatic heterocycles. The van der Waals surface area contributed by atoms with Crippen LogP contribution in [0.15, 0.2) is 297 Å². The van der Waals surface area contributed by atoms with Crippen molar-refractivity contribution in [2.45, 2.75) is 52.4 Å². The van der Waals surface area contributed by atoms with Crippen molar-refractivity contribution in [3.8, 4) is 112 Å². The van der Waals surface area contributed by atoms with Gasteiger partial charge in [0.1, 0.15) is 0 Å². The van der Waals surface area contributed by atoms with E-state index in [0.717, 1.165) is 84.0 Å².